The second kappa shape index (κ2) is 9.34. The number of carbonyl (C=O) groups excluding carboxylic acids is 1. The van der Waals surface area contributed by atoms with Crippen LogP contribution in [-0.2, 0) is 6.42 Å². The van der Waals surface area contributed by atoms with Crippen LogP contribution in [0.3, 0.4) is 0 Å². The number of rotatable bonds is 6. The van der Waals surface area contributed by atoms with Gasteiger partial charge in [-0.25, -0.2) is 9.78 Å². The molecule has 1 saturated heterocycles. The van der Waals surface area contributed by atoms with Crippen molar-refractivity contribution in [1.29, 1.82) is 0 Å². The number of urea groups is 1. The lowest BCUT2D eigenvalue weighted by atomic mass is 9.95. The van der Waals surface area contributed by atoms with E-state index >= 15 is 0 Å². The molecule has 1 atom stereocenters. The van der Waals surface area contributed by atoms with E-state index in [1.54, 1.807) is 18.6 Å². The van der Waals surface area contributed by atoms with Gasteiger partial charge in [0.05, 0.1) is 18.5 Å². The fourth-order valence-corrected chi connectivity index (χ4v) is 3.57. The number of aromatic nitrogens is 4. The molecule has 1 N–H and O–H groups in total. The minimum atomic E-state index is -0.127. The Labute approximate surface area is 174 Å². The molecule has 4 rings (SSSR count). The second-order valence-electron chi connectivity index (χ2n) is 7.12. The summed E-state index contributed by atoms with van der Waals surface area (Å²) in [6.45, 7) is 3.81. The van der Waals surface area contributed by atoms with Crippen LogP contribution in [0, 0.1) is 5.92 Å². The third-order valence-electron chi connectivity index (χ3n) is 4.96. The van der Waals surface area contributed by atoms with E-state index in [4.69, 9.17) is 9.26 Å². The fraction of sp³-hybridized carbons (Fsp3) is 0.381. The van der Waals surface area contributed by atoms with Crippen LogP contribution in [0.5, 0.6) is 5.75 Å². The Hall–Kier alpha value is -3.49. The van der Waals surface area contributed by atoms with Crippen LogP contribution in [0.25, 0.3) is 11.5 Å². The number of benzene rings is 1. The number of anilines is 1. The number of para-hydroxylation sites is 2. The van der Waals surface area contributed by atoms with E-state index in [2.05, 4.69) is 25.4 Å². The first-order valence-corrected chi connectivity index (χ1v) is 10.1. The highest BCUT2D eigenvalue weighted by molar-refractivity contribution is 5.91. The number of carbonyl (C=O) groups is 1. The zero-order chi connectivity index (χ0) is 20.8. The van der Waals surface area contributed by atoms with Gasteiger partial charge in [-0.05, 0) is 37.8 Å². The topological polar surface area (TPSA) is 106 Å². The van der Waals surface area contributed by atoms with Crippen LogP contribution in [0.2, 0.25) is 0 Å². The number of nitrogens with zero attached hydrogens (tertiary/aromatic N) is 5. The Bertz CT molecular complexity index is 978. The van der Waals surface area contributed by atoms with Crippen molar-refractivity contribution in [3.8, 4) is 17.3 Å². The summed E-state index contributed by atoms with van der Waals surface area (Å²) in [7, 11) is 0. The third-order valence-corrected chi connectivity index (χ3v) is 4.96. The molecule has 9 nitrogen and oxygen atoms in total. The summed E-state index contributed by atoms with van der Waals surface area (Å²) in [6, 6.07) is 7.33. The maximum atomic E-state index is 12.8. The fourth-order valence-electron chi connectivity index (χ4n) is 3.57. The highest BCUT2D eigenvalue weighted by atomic mass is 16.5. The van der Waals surface area contributed by atoms with E-state index in [1.807, 2.05) is 36.1 Å². The summed E-state index contributed by atoms with van der Waals surface area (Å²) >= 11 is 0. The van der Waals surface area contributed by atoms with Crippen LogP contribution in [0.15, 0.2) is 47.4 Å². The number of hydrogen-bond acceptors (Lipinski definition) is 7. The van der Waals surface area contributed by atoms with Gasteiger partial charge in [-0.2, -0.15) is 4.98 Å². The quantitative estimate of drug-likeness (QED) is 0.666. The van der Waals surface area contributed by atoms with Crippen molar-refractivity contribution in [2.24, 2.45) is 5.92 Å². The molecule has 1 aliphatic rings. The van der Waals surface area contributed by atoms with Gasteiger partial charge in [-0.3, -0.25) is 4.98 Å². The van der Waals surface area contributed by atoms with E-state index in [0.717, 1.165) is 12.8 Å². The van der Waals surface area contributed by atoms with Crippen LogP contribution < -0.4 is 10.1 Å². The van der Waals surface area contributed by atoms with Crippen molar-refractivity contribution in [3.05, 3.63) is 48.7 Å². The van der Waals surface area contributed by atoms with Gasteiger partial charge in [0.1, 0.15) is 11.4 Å². The van der Waals surface area contributed by atoms with Gasteiger partial charge in [0.15, 0.2) is 0 Å². The molecular formula is C21H24N6O3. The van der Waals surface area contributed by atoms with Gasteiger partial charge < -0.3 is 19.5 Å². The molecule has 0 radical (unpaired) electrons. The molecule has 156 valence electrons. The van der Waals surface area contributed by atoms with Crippen molar-refractivity contribution in [2.75, 3.05) is 25.0 Å². The summed E-state index contributed by atoms with van der Waals surface area (Å²) in [5, 5.41) is 6.96. The summed E-state index contributed by atoms with van der Waals surface area (Å²) in [6.07, 6.45) is 7.33. The zero-order valence-corrected chi connectivity index (χ0v) is 16.8. The highest BCUT2D eigenvalue weighted by Crippen LogP contribution is 2.26. The molecule has 2 amide bonds. The maximum absolute atomic E-state index is 12.8. The van der Waals surface area contributed by atoms with Crippen molar-refractivity contribution < 1.29 is 14.1 Å². The number of hydrogen-bond donors (Lipinski definition) is 1. The standard InChI is InChI=1S/C21H24N6O3/c1-2-29-18-8-4-3-7-16(18)24-21(28)27-11-5-6-15(14-27)12-19-25-20(26-30-19)17-13-22-9-10-23-17/h3-4,7-10,13,15H,2,5-6,11-12,14H2,1H3,(H,24,28). The average molecular weight is 408 g/mol. The van der Waals surface area contributed by atoms with Crippen LogP contribution in [0.1, 0.15) is 25.7 Å². The van der Waals surface area contributed by atoms with Gasteiger partial charge in [0.2, 0.25) is 11.7 Å². The van der Waals surface area contributed by atoms with E-state index in [0.29, 0.717) is 55.0 Å². The van der Waals surface area contributed by atoms with Crippen molar-refractivity contribution in [1.82, 2.24) is 25.0 Å². The Kier molecular flexibility index (Phi) is 6.17. The molecule has 3 heterocycles. The second-order valence-corrected chi connectivity index (χ2v) is 7.12. The lowest BCUT2D eigenvalue weighted by Gasteiger charge is -2.32. The summed E-state index contributed by atoms with van der Waals surface area (Å²) in [5.74, 6) is 1.90. The molecule has 0 saturated carbocycles. The summed E-state index contributed by atoms with van der Waals surface area (Å²) in [5.41, 5.74) is 1.25. The molecule has 1 unspecified atom stereocenters. The Morgan fingerprint density at radius 2 is 2.23 bits per heavy atom. The lowest BCUT2D eigenvalue weighted by Crippen LogP contribution is -2.42. The van der Waals surface area contributed by atoms with Gasteiger partial charge in [0, 0.05) is 31.9 Å². The number of nitrogens with one attached hydrogen (secondary N) is 1. The Morgan fingerprint density at radius 1 is 1.33 bits per heavy atom. The third kappa shape index (κ3) is 4.73. The molecule has 1 aromatic carbocycles. The Balaban J connectivity index is 1.37. The monoisotopic (exact) mass is 408 g/mol. The summed E-state index contributed by atoms with van der Waals surface area (Å²) in [4.78, 5) is 27.3. The molecule has 0 bridgehead atoms. The lowest BCUT2D eigenvalue weighted by molar-refractivity contribution is 0.173. The molecular weight excluding hydrogens is 384 g/mol. The first-order chi connectivity index (χ1) is 14.7. The number of ether oxygens (including phenoxy) is 1. The molecule has 0 aliphatic carbocycles. The van der Waals surface area contributed by atoms with Crippen LogP contribution in [-0.4, -0.2) is 50.7 Å². The highest BCUT2D eigenvalue weighted by Gasteiger charge is 2.26. The predicted octanol–water partition coefficient (Wildman–Crippen LogP) is 3.41. The SMILES string of the molecule is CCOc1ccccc1NC(=O)N1CCCC(Cc2nc(-c3cnccn3)no2)C1. The minimum absolute atomic E-state index is 0.127. The Morgan fingerprint density at radius 3 is 3.07 bits per heavy atom. The van der Waals surface area contributed by atoms with Crippen molar-refractivity contribution >= 4 is 11.7 Å². The largest absolute Gasteiger partial charge is 0.492 e. The van der Waals surface area contributed by atoms with Gasteiger partial charge >= 0.3 is 6.03 Å². The van der Waals surface area contributed by atoms with Crippen LogP contribution >= 0.6 is 0 Å². The van der Waals surface area contributed by atoms with Crippen molar-refractivity contribution in [2.45, 2.75) is 26.2 Å². The normalized spacial score (nSPS) is 16.3. The minimum Gasteiger partial charge on any atom is -0.492 e. The van der Waals surface area contributed by atoms with Gasteiger partial charge in [-0.15, -0.1) is 0 Å². The molecule has 1 fully saturated rings. The first-order valence-electron chi connectivity index (χ1n) is 10.1. The number of piperidine rings is 1. The maximum Gasteiger partial charge on any atom is 0.321 e. The van der Waals surface area contributed by atoms with E-state index in [9.17, 15) is 4.79 Å². The number of likely N-dealkylation sites (tertiary alicyclic amines) is 1. The van der Waals surface area contributed by atoms with Crippen molar-refractivity contribution in [3.63, 3.8) is 0 Å². The molecule has 9 heteroatoms. The summed E-state index contributed by atoms with van der Waals surface area (Å²) < 4.78 is 11.0. The smallest absolute Gasteiger partial charge is 0.321 e. The van der Waals surface area contributed by atoms with Crippen LogP contribution in [0.4, 0.5) is 10.5 Å². The average Bonchev–Trinajstić information content (AvgIpc) is 3.24. The van der Waals surface area contributed by atoms with Gasteiger partial charge in [0.25, 0.3) is 0 Å². The molecule has 0 spiro atoms. The van der Waals surface area contributed by atoms with E-state index < -0.39 is 0 Å². The predicted molar refractivity (Wildman–Crippen MR) is 110 cm³/mol. The first kappa shape index (κ1) is 19.8. The molecule has 30 heavy (non-hydrogen) atoms. The van der Waals surface area contributed by atoms with Gasteiger partial charge in [-0.1, -0.05) is 17.3 Å². The van der Waals surface area contributed by atoms with E-state index in [1.165, 1.54) is 0 Å². The number of amides is 2. The molecule has 1 aliphatic heterocycles. The zero-order valence-electron chi connectivity index (χ0n) is 16.8. The molecule has 3 aromatic rings. The van der Waals surface area contributed by atoms with E-state index in [-0.39, 0.29) is 11.9 Å². The molecule has 2 aromatic heterocycles.